The van der Waals surface area contributed by atoms with E-state index in [-0.39, 0.29) is 12.4 Å². The first-order valence-electron chi connectivity index (χ1n) is 7.01. The molecule has 0 amide bonds. The number of rotatable bonds is 5. The lowest BCUT2D eigenvalue weighted by Crippen LogP contribution is -2.11. The van der Waals surface area contributed by atoms with E-state index in [1.54, 1.807) is 0 Å². The molecule has 0 bridgehead atoms. The first-order chi connectivity index (χ1) is 10.7. The van der Waals surface area contributed by atoms with E-state index in [0.717, 1.165) is 32.6 Å². The van der Waals surface area contributed by atoms with Crippen molar-refractivity contribution in [1.82, 2.24) is 5.32 Å². The molecule has 3 aromatic rings. The molecule has 0 atom stereocenters. The molecule has 0 saturated carbocycles. The van der Waals surface area contributed by atoms with Crippen LogP contribution in [-0.4, -0.2) is 0 Å². The Morgan fingerprint density at radius 2 is 1.65 bits per heavy atom. The highest BCUT2D eigenvalue weighted by Crippen LogP contribution is 2.31. The summed E-state index contributed by atoms with van der Waals surface area (Å²) in [6.45, 7) is 1.54. The van der Waals surface area contributed by atoms with E-state index in [1.165, 1.54) is 5.56 Å². The van der Waals surface area contributed by atoms with Gasteiger partial charge in [0.15, 0.2) is 0 Å². The fourth-order valence-electron chi connectivity index (χ4n) is 2.23. The summed E-state index contributed by atoms with van der Waals surface area (Å²) in [4.78, 5) is 0. The summed E-state index contributed by atoms with van der Waals surface area (Å²) in [6.07, 6.45) is 0. The molecule has 0 radical (unpaired) electrons. The predicted molar refractivity (Wildman–Crippen MR) is 104 cm³/mol. The van der Waals surface area contributed by atoms with E-state index in [9.17, 15) is 0 Å². The summed E-state index contributed by atoms with van der Waals surface area (Å²) in [6, 6.07) is 20.4. The zero-order chi connectivity index (χ0) is 15.4. The van der Waals surface area contributed by atoms with Crippen molar-refractivity contribution in [2.45, 2.75) is 13.1 Å². The Kier molecular flexibility index (Phi) is 6.90. The van der Waals surface area contributed by atoms with E-state index in [1.807, 2.05) is 48.5 Å². The Morgan fingerprint density at radius 3 is 2.39 bits per heavy atom. The molecule has 2 aromatic carbocycles. The van der Waals surface area contributed by atoms with Gasteiger partial charge in [-0.05, 0) is 51.8 Å². The van der Waals surface area contributed by atoms with Crippen LogP contribution in [0.15, 0.2) is 74.0 Å². The highest BCUT2D eigenvalue weighted by atomic mass is 79.9. The molecule has 0 aliphatic carbocycles. The van der Waals surface area contributed by atoms with Gasteiger partial charge in [-0.2, -0.15) is 0 Å². The predicted octanol–water partition coefficient (Wildman–Crippen LogP) is 6.18. The van der Waals surface area contributed by atoms with Crippen LogP contribution in [-0.2, 0) is 13.1 Å². The first-order valence-corrected chi connectivity index (χ1v) is 8.60. The average molecular weight is 458 g/mol. The maximum absolute atomic E-state index is 5.92. The summed E-state index contributed by atoms with van der Waals surface area (Å²) in [5.41, 5.74) is 2.32. The minimum Gasteiger partial charge on any atom is -0.460 e. The van der Waals surface area contributed by atoms with Crippen LogP contribution >= 0.6 is 44.3 Å². The Hall–Kier alpha value is -1.07. The minimum absolute atomic E-state index is 0. The first kappa shape index (κ1) is 18.3. The third-order valence-electron chi connectivity index (χ3n) is 3.33. The molecule has 5 heteroatoms. The van der Waals surface area contributed by atoms with E-state index in [0.29, 0.717) is 6.54 Å². The molecule has 120 valence electrons. The van der Waals surface area contributed by atoms with Crippen LogP contribution in [0.5, 0.6) is 0 Å². The van der Waals surface area contributed by atoms with Crippen molar-refractivity contribution >= 4 is 44.3 Å². The Morgan fingerprint density at radius 1 is 0.870 bits per heavy atom. The van der Waals surface area contributed by atoms with Crippen molar-refractivity contribution in [3.63, 3.8) is 0 Å². The van der Waals surface area contributed by atoms with Gasteiger partial charge in [-0.1, -0.05) is 46.3 Å². The lowest BCUT2D eigenvalue weighted by Gasteiger charge is -2.04. The minimum atomic E-state index is 0. The van der Waals surface area contributed by atoms with Crippen molar-refractivity contribution < 1.29 is 4.42 Å². The number of halogens is 3. The van der Waals surface area contributed by atoms with Crippen molar-refractivity contribution in [3.05, 3.63) is 80.9 Å². The molecule has 23 heavy (non-hydrogen) atoms. The van der Waals surface area contributed by atoms with Gasteiger partial charge < -0.3 is 9.73 Å². The summed E-state index contributed by atoms with van der Waals surface area (Å²) in [7, 11) is 0. The van der Waals surface area contributed by atoms with Crippen LogP contribution in [0.25, 0.3) is 11.3 Å². The lowest BCUT2D eigenvalue weighted by molar-refractivity contribution is 0.493. The van der Waals surface area contributed by atoms with Gasteiger partial charge in [0.05, 0.1) is 6.54 Å². The zero-order valence-corrected chi connectivity index (χ0v) is 16.2. The summed E-state index contributed by atoms with van der Waals surface area (Å²) in [5.74, 6) is 1.80. The molecular formula is C18H16Br2ClNO. The van der Waals surface area contributed by atoms with Gasteiger partial charge in [-0.25, -0.2) is 0 Å². The largest absolute Gasteiger partial charge is 0.460 e. The molecule has 1 N–H and O–H groups in total. The van der Waals surface area contributed by atoms with Crippen LogP contribution in [0, 0.1) is 0 Å². The summed E-state index contributed by atoms with van der Waals surface area (Å²) in [5, 5.41) is 3.39. The van der Waals surface area contributed by atoms with Crippen molar-refractivity contribution in [2.24, 2.45) is 0 Å². The summed E-state index contributed by atoms with van der Waals surface area (Å²) >= 11 is 7.03. The number of hydrogen-bond acceptors (Lipinski definition) is 2. The zero-order valence-electron chi connectivity index (χ0n) is 12.3. The normalized spacial score (nSPS) is 10.3. The van der Waals surface area contributed by atoms with Gasteiger partial charge >= 0.3 is 0 Å². The van der Waals surface area contributed by atoms with Crippen molar-refractivity contribution in [2.75, 3.05) is 0 Å². The summed E-state index contributed by atoms with van der Waals surface area (Å²) < 4.78 is 7.98. The molecule has 0 aliphatic heterocycles. The molecule has 3 rings (SSSR count). The molecule has 1 aromatic heterocycles. The number of benzene rings is 2. The van der Waals surface area contributed by atoms with E-state index in [4.69, 9.17) is 4.42 Å². The third-order valence-corrected chi connectivity index (χ3v) is 4.48. The van der Waals surface area contributed by atoms with Gasteiger partial charge in [-0.3, -0.25) is 0 Å². The van der Waals surface area contributed by atoms with Crippen LogP contribution in [0.3, 0.4) is 0 Å². The molecule has 0 unspecified atom stereocenters. The fourth-order valence-corrected chi connectivity index (χ4v) is 3.48. The molecular weight excluding hydrogens is 441 g/mol. The Bertz CT molecular complexity index is 759. The second-order valence-electron chi connectivity index (χ2n) is 4.98. The van der Waals surface area contributed by atoms with E-state index in [2.05, 4.69) is 49.3 Å². The van der Waals surface area contributed by atoms with Crippen LogP contribution in [0.2, 0.25) is 0 Å². The monoisotopic (exact) mass is 455 g/mol. The van der Waals surface area contributed by atoms with Crippen LogP contribution in [0.1, 0.15) is 11.3 Å². The van der Waals surface area contributed by atoms with Gasteiger partial charge in [0.2, 0.25) is 0 Å². The van der Waals surface area contributed by atoms with E-state index >= 15 is 0 Å². The fraction of sp³-hybridized carbons (Fsp3) is 0.111. The quantitative estimate of drug-likeness (QED) is 0.495. The lowest BCUT2D eigenvalue weighted by atomic mass is 10.2. The maximum atomic E-state index is 5.92. The highest BCUT2D eigenvalue weighted by molar-refractivity contribution is 9.11. The van der Waals surface area contributed by atoms with E-state index < -0.39 is 0 Å². The average Bonchev–Trinajstić information content (AvgIpc) is 2.97. The SMILES string of the molecule is Brc1ccc(-c2ccc(CNCc3ccccc3)o2)c(Br)c1.Cl. The second kappa shape index (κ2) is 8.69. The smallest absolute Gasteiger partial charge is 0.135 e. The van der Waals surface area contributed by atoms with Crippen LogP contribution in [0.4, 0.5) is 0 Å². The van der Waals surface area contributed by atoms with Gasteiger partial charge in [0, 0.05) is 21.1 Å². The highest BCUT2D eigenvalue weighted by Gasteiger charge is 2.08. The Labute approximate surface area is 159 Å². The molecule has 0 fully saturated rings. The Balaban J connectivity index is 0.00000192. The maximum Gasteiger partial charge on any atom is 0.135 e. The number of nitrogens with one attached hydrogen (secondary N) is 1. The molecule has 1 heterocycles. The van der Waals surface area contributed by atoms with Gasteiger partial charge in [0.1, 0.15) is 11.5 Å². The standard InChI is InChI=1S/C18H15Br2NO.ClH/c19-14-6-8-16(17(20)10-14)18-9-7-15(22-18)12-21-11-13-4-2-1-3-5-13;/h1-10,21H,11-12H2;1H. The number of hydrogen-bond donors (Lipinski definition) is 1. The van der Waals surface area contributed by atoms with Crippen molar-refractivity contribution in [3.8, 4) is 11.3 Å². The van der Waals surface area contributed by atoms with Crippen LogP contribution < -0.4 is 5.32 Å². The molecule has 0 spiro atoms. The third kappa shape index (κ3) is 4.95. The molecule has 0 saturated heterocycles. The number of furan rings is 1. The van der Waals surface area contributed by atoms with Gasteiger partial charge in [-0.15, -0.1) is 12.4 Å². The second-order valence-corrected chi connectivity index (χ2v) is 6.75. The topological polar surface area (TPSA) is 25.2 Å². The van der Waals surface area contributed by atoms with Gasteiger partial charge in [0.25, 0.3) is 0 Å². The van der Waals surface area contributed by atoms with Crippen molar-refractivity contribution in [1.29, 1.82) is 0 Å². The molecule has 0 aliphatic rings. The molecule has 2 nitrogen and oxygen atoms in total.